The van der Waals surface area contributed by atoms with E-state index < -0.39 is 36.1 Å². The van der Waals surface area contributed by atoms with Gasteiger partial charge in [0, 0.05) is 0 Å². The van der Waals surface area contributed by atoms with Crippen molar-refractivity contribution in [2.45, 2.75) is 65.4 Å². The predicted molar refractivity (Wildman–Crippen MR) is 149 cm³/mol. The summed E-state index contributed by atoms with van der Waals surface area (Å²) in [5.41, 5.74) is 3.58. The lowest BCUT2D eigenvalue weighted by Crippen LogP contribution is -2.50. The summed E-state index contributed by atoms with van der Waals surface area (Å²) in [6, 6.07) is 24.9. The summed E-state index contributed by atoms with van der Waals surface area (Å²) in [5, 5.41) is 2.52. The Kier molecular flexibility index (Phi) is 11.1. The maximum atomic E-state index is 13.0. The van der Waals surface area contributed by atoms with E-state index in [0.717, 1.165) is 23.1 Å². The van der Waals surface area contributed by atoms with Gasteiger partial charge < -0.3 is 19.5 Å². The number of esters is 2. The lowest BCUT2D eigenvalue weighted by molar-refractivity contribution is -0.159. The van der Waals surface area contributed by atoms with Gasteiger partial charge in [-0.2, -0.15) is 0 Å². The molecule has 0 aliphatic rings. The summed E-state index contributed by atoms with van der Waals surface area (Å²) in [5.74, 6) is -1.28. The third-order valence-electron chi connectivity index (χ3n) is 6.21. The Morgan fingerprint density at radius 2 is 1.21 bits per heavy atom. The van der Waals surface area contributed by atoms with E-state index in [1.54, 1.807) is 13.8 Å². The van der Waals surface area contributed by atoms with Crippen LogP contribution in [0.25, 0.3) is 0 Å². The first-order valence-corrected chi connectivity index (χ1v) is 13.2. The van der Waals surface area contributed by atoms with Gasteiger partial charge in [-0.25, -0.2) is 9.59 Å². The van der Waals surface area contributed by atoms with E-state index in [9.17, 15) is 14.4 Å². The molecule has 3 aromatic rings. The van der Waals surface area contributed by atoms with Crippen LogP contribution in [0.15, 0.2) is 84.9 Å². The van der Waals surface area contributed by atoms with E-state index >= 15 is 0 Å². The average molecular weight is 532 g/mol. The monoisotopic (exact) mass is 531 g/mol. The molecule has 0 spiro atoms. The molecular weight excluding hydrogens is 494 g/mol. The molecule has 3 aromatic carbocycles. The molecule has 3 rings (SSSR count). The highest BCUT2D eigenvalue weighted by molar-refractivity contribution is 5.83. The summed E-state index contributed by atoms with van der Waals surface area (Å²) in [4.78, 5) is 38.6. The highest BCUT2D eigenvalue weighted by atomic mass is 16.6. The Labute approximate surface area is 230 Å². The number of nitrogens with one attached hydrogen (secondary N) is 1. The zero-order valence-corrected chi connectivity index (χ0v) is 23.0. The summed E-state index contributed by atoms with van der Waals surface area (Å²) in [7, 11) is 0. The largest absolute Gasteiger partial charge is 0.459 e. The van der Waals surface area contributed by atoms with Gasteiger partial charge in [-0.1, -0.05) is 98.8 Å². The van der Waals surface area contributed by atoms with E-state index in [1.165, 1.54) is 5.56 Å². The lowest BCUT2D eigenvalue weighted by Gasteiger charge is -2.25. The first kappa shape index (κ1) is 29.4. The van der Waals surface area contributed by atoms with Gasteiger partial charge >= 0.3 is 18.0 Å². The van der Waals surface area contributed by atoms with Crippen molar-refractivity contribution in [2.24, 2.45) is 5.92 Å². The van der Waals surface area contributed by atoms with Crippen molar-refractivity contribution in [1.29, 1.82) is 0 Å². The molecule has 0 saturated carbocycles. The molecule has 7 nitrogen and oxygen atoms in total. The topological polar surface area (TPSA) is 90.9 Å². The van der Waals surface area contributed by atoms with E-state index in [2.05, 4.69) is 19.2 Å². The maximum Gasteiger partial charge on any atom is 0.408 e. The molecule has 0 fully saturated rings. The summed E-state index contributed by atoms with van der Waals surface area (Å²) >= 11 is 0. The third-order valence-corrected chi connectivity index (χ3v) is 6.21. The van der Waals surface area contributed by atoms with Crippen LogP contribution in [0.3, 0.4) is 0 Å². The van der Waals surface area contributed by atoms with Gasteiger partial charge in [-0.15, -0.1) is 0 Å². The molecular formula is C32H37NO6. The average Bonchev–Trinajstić information content (AvgIpc) is 2.94. The number of benzene rings is 3. The van der Waals surface area contributed by atoms with Crippen molar-refractivity contribution in [1.82, 2.24) is 5.32 Å². The van der Waals surface area contributed by atoms with Crippen LogP contribution in [0, 0.1) is 5.92 Å². The fourth-order valence-electron chi connectivity index (χ4n) is 3.98. The molecule has 206 valence electrons. The highest BCUT2D eigenvalue weighted by Gasteiger charge is 2.33. The van der Waals surface area contributed by atoms with Gasteiger partial charge in [-0.05, 0) is 48.4 Å². The van der Waals surface area contributed by atoms with E-state index in [-0.39, 0.29) is 13.2 Å². The minimum absolute atomic E-state index is 0.0106. The number of rotatable bonds is 12. The number of ether oxygens (including phenoxy) is 3. The maximum absolute atomic E-state index is 13.0. The summed E-state index contributed by atoms with van der Waals surface area (Å²) in [6.07, 6.45) is -0.875. The molecule has 0 aromatic heterocycles. The molecule has 0 radical (unpaired) electrons. The van der Waals surface area contributed by atoms with Crippen LogP contribution in [-0.4, -0.2) is 30.2 Å². The second-order valence-electron chi connectivity index (χ2n) is 9.98. The number of amides is 1. The van der Waals surface area contributed by atoms with Crippen molar-refractivity contribution in [3.8, 4) is 0 Å². The van der Waals surface area contributed by atoms with Crippen LogP contribution in [0.1, 0.15) is 55.9 Å². The molecule has 0 aliphatic carbocycles. The van der Waals surface area contributed by atoms with Gasteiger partial charge in [-0.3, -0.25) is 4.79 Å². The molecule has 7 heteroatoms. The molecule has 0 aliphatic heterocycles. The van der Waals surface area contributed by atoms with Gasteiger partial charge in [0.1, 0.15) is 19.3 Å². The zero-order chi connectivity index (χ0) is 28.2. The van der Waals surface area contributed by atoms with Crippen molar-refractivity contribution < 1.29 is 28.6 Å². The zero-order valence-electron chi connectivity index (χ0n) is 23.0. The fourth-order valence-corrected chi connectivity index (χ4v) is 3.98. The summed E-state index contributed by atoms with van der Waals surface area (Å²) < 4.78 is 16.4. The van der Waals surface area contributed by atoms with E-state index in [4.69, 9.17) is 14.2 Å². The Morgan fingerprint density at radius 1 is 0.667 bits per heavy atom. The van der Waals surface area contributed by atoms with Crippen molar-refractivity contribution in [3.05, 3.63) is 107 Å². The number of alkyl carbamates (subject to hydrolysis) is 1. The minimum Gasteiger partial charge on any atom is -0.459 e. The number of hydrogen-bond acceptors (Lipinski definition) is 6. The number of carbonyl (C=O) groups excluding carboxylic acids is 3. The van der Waals surface area contributed by atoms with Crippen LogP contribution in [-0.2, 0) is 43.4 Å². The molecule has 0 bridgehead atoms. The quantitative estimate of drug-likeness (QED) is 0.229. The highest BCUT2D eigenvalue weighted by Crippen LogP contribution is 2.20. The predicted octanol–water partition coefficient (Wildman–Crippen LogP) is 5.96. The first-order chi connectivity index (χ1) is 18.7. The Hall–Kier alpha value is -4.13. The molecule has 1 amide bonds. The molecule has 3 atom stereocenters. The smallest absolute Gasteiger partial charge is 0.408 e. The normalized spacial score (nSPS) is 13.2. The van der Waals surface area contributed by atoms with Crippen molar-refractivity contribution in [3.63, 3.8) is 0 Å². The van der Waals surface area contributed by atoms with Gasteiger partial charge in [0.25, 0.3) is 0 Å². The van der Waals surface area contributed by atoms with Crippen LogP contribution in [0.2, 0.25) is 0 Å². The lowest BCUT2D eigenvalue weighted by atomic mass is 9.97. The second-order valence-corrected chi connectivity index (χ2v) is 9.98. The van der Waals surface area contributed by atoms with Crippen LogP contribution < -0.4 is 5.32 Å². The van der Waals surface area contributed by atoms with Crippen LogP contribution >= 0.6 is 0 Å². The molecule has 0 saturated heterocycles. The van der Waals surface area contributed by atoms with Crippen LogP contribution in [0.4, 0.5) is 4.79 Å². The molecule has 3 unspecified atom stereocenters. The third kappa shape index (κ3) is 9.60. The first-order valence-electron chi connectivity index (χ1n) is 13.2. The second kappa shape index (κ2) is 14.7. The van der Waals surface area contributed by atoms with Crippen molar-refractivity contribution >= 4 is 18.0 Å². The molecule has 0 heterocycles. The van der Waals surface area contributed by atoms with Crippen molar-refractivity contribution in [2.75, 3.05) is 0 Å². The molecule has 1 N–H and O–H groups in total. The van der Waals surface area contributed by atoms with Gasteiger partial charge in [0.05, 0.1) is 5.92 Å². The van der Waals surface area contributed by atoms with E-state index in [0.29, 0.717) is 5.92 Å². The Bertz CT molecular complexity index is 1190. The van der Waals surface area contributed by atoms with Gasteiger partial charge in [0.2, 0.25) is 0 Å². The Balaban J connectivity index is 1.65. The van der Waals surface area contributed by atoms with Gasteiger partial charge in [0.15, 0.2) is 6.04 Å². The standard InChI is InChI=1S/C32H37NO6/c1-22(2)19-25-15-17-28(18-16-25)23(3)30(34)39-24(4)29(31(35)37-20-26-11-7-5-8-12-26)33-32(36)38-21-27-13-9-6-10-14-27/h5-18,22-24,29H,19-21H2,1-4H3,(H,33,36). The van der Waals surface area contributed by atoms with Crippen LogP contribution in [0.5, 0.6) is 0 Å². The number of hydrogen-bond donors (Lipinski definition) is 1. The minimum atomic E-state index is -1.26. The molecule has 39 heavy (non-hydrogen) atoms. The van der Waals surface area contributed by atoms with E-state index in [1.807, 2.05) is 84.9 Å². The fraction of sp³-hybridized carbons (Fsp3) is 0.344. The SMILES string of the molecule is CC(C)Cc1ccc(C(C)C(=O)OC(C)C(NC(=O)OCc2ccccc2)C(=O)OCc2ccccc2)cc1. The number of carbonyl (C=O) groups is 3. The summed E-state index contributed by atoms with van der Waals surface area (Å²) in [6.45, 7) is 7.64. The Morgan fingerprint density at radius 3 is 1.74 bits per heavy atom.